The van der Waals surface area contributed by atoms with E-state index in [0.717, 1.165) is 17.3 Å². The monoisotopic (exact) mass is 465 g/mol. The van der Waals surface area contributed by atoms with Gasteiger partial charge in [0.1, 0.15) is 0 Å². The number of rotatable bonds is 6. The number of anilines is 3. The molecule has 0 unspecified atom stereocenters. The fraction of sp³-hybridized carbons (Fsp3) is 0.143. The summed E-state index contributed by atoms with van der Waals surface area (Å²) in [6, 6.07) is 48.3. The molecule has 0 aliphatic heterocycles. The highest BCUT2D eigenvalue weighted by atomic mass is 15.1. The molecule has 36 heavy (non-hydrogen) atoms. The van der Waals surface area contributed by atoms with E-state index in [1.54, 1.807) is 0 Å². The van der Waals surface area contributed by atoms with Crippen LogP contribution in [0.1, 0.15) is 37.2 Å². The molecule has 1 fully saturated rings. The Labute approximate surface area is 214 Å². The molecule has 0 heterocycles. The molecule has 1 heteroatoms. The maximum Gasteiger partial charge on any atom is 0.0462 e. The van der Waals surface area contributed by atoms with Crippen molar-refractivity contribution in [3.05, 3.63) is 139 Å². The van der Waals surface area contributed by atoms with E-state index in [-0.39, 0.29) is 0 Å². The van der Waals surface area contributed by atoms with Gasteiger partial charge in [0.15, 0.2) is 0 Å². The van der Waals surface area contributed by atoms with Gasteiger partial charge >= 0.3 is 0 Å². The van der Waals surface area contributed by atoms with Crippen molar-refractivity contribution in [3.8, 4) is 22.3 Å². The van der Waals surface area contributed by atoms with Crippen molar-refractivity contribution < 1.29 is 0 Å². The predicted molar refractivity (Wildman–Crippen MR) is 153 cm³/mol. The zero-order valence-electron chi connectivity index (χ0n) is 20.6. The van der Waals surface area contributed by atoms with E-state index in [9.17, 15) is 0 Å². The molecule has 5 aromatic carbocycles. The molecular weight excluding hydrogens is 434 g/mol. The minimum Gasteiger partial charge on any atom is -0.311 e. The van der Waals surface area contributed by atoms with Gasteiger partial charge in [-0.25, -0.2) is 0 Å². The van der Waals surface area contributed by atoms with Gasteiger partial charge < -0.3 is 4.90 Å². The van der Waals surface area contributed by atoms with Crippen molar-refractivity contribution >= 4 is 17.1 Å². The predicted octanol–water partition coefficient (Wildman–Crippen LogP) is 10.1. The fourth-order valence-corrected chi connectivity index (χ4v) is 5.47. The van der Waals surface area contributed by atoms with Crippen molar-refractivity contribution in [3.63, 3.8) is 0 Å². The van der Waals surface area contributed by atoms with E-state index in [4.69, 9.17) is 0 Å². The van der Waals surface area contributed by atoms with E-state index in [1.807, 2.05) is 0 Å². The largest absolute Gasteiger partial charge is 0.311 e. The Kier molecular flexibility index (Phi) is 6.37. The van der Waals surface area contributed by atoms with Crippen LogP contribution in [0.25, 0.3) is 22.3 Å². The number of benzene rings is 5. The van der Waals surface area contributed by atoms with Gasteiger partial charge in [0, 0.05) is 17.1 Å². The zero-order valence-corrected chi connectivity index (χ0v) is 20.6. The number of hydrogen-bond acceptors (Lipinski definition) is 1. The van der Waals surface area contributed by atoms with Crippen LogP contribution in [0.5, 0.6) is 0 Å². The Hall–Kier alpha value is -4.10. The maximum absolute atomic E-state index is 2.36. The molecule has 1 aliphatic rings. The summed E-state index contributed by atoms with van der Waals surface area (Å²) in [5.41, 5.74) is 9.94. The zero-order chi connectivity index (χ0) is 24.2. The van der Waals surface area contributed by atoms with Crippen LogP contribution in [-0.2, 0) is 0 Å². The first-order chi connectivity index (χ1) is 17.8. The van der Waals surface area contributed by atoms with Crippen LogP contribution < -0.4 is 4.90 Å². The third-order valence-corrected chi connectivity index (χ3v) is 7.44. The lowest BCUT2D eigenvalue weighted by Crippen LogP contribution is -2.10. The summed E-state index contributed by atoms with van der Waals surface area (Å²) in [7, 11) is 0. The number of hydrogen-bond donors (Lipinski definition) is 0. The summed E-state index contributed by atoms with van der Waals surface area (Å²) in [5.74, 6) is 0.725. The quantitative estimate of drug-likeness (QED) is 0.241. The van der Waals surface area contributed by atoms with Gasteiger partial charge in [-0.05, 0) is 83.0 Å². The molecular formula is C35H31N. The molecule has 1 aliphatic carbocycles. The van der Waals surface area contributed by atoms with Gasteiger partial charge in [0.05, 0.1) is 0 Å². The molecule has 6 rings (SSSR count). The van der Waals surface area contributed by atoms with Gasteiger partial charge in [-0.1, -0.05) is 110 Å². The first kappa shape index (κ1) is 22.4. The second-order valence-corrected chi connectivity index (χ2v) is 9.73. The average molecular weight is 466 g/mol. The summed E-state index contributed by atoms with van der Waals surface area (Å²) in [4.78, 5) is 2.36. The lowest BCUT2D eigenvalue weighted by Gasteiger charge is -2.26. The Morgan fingerprint density at radius 3 is 1.17 bits per heavy atom. The van der Waals surface area contributed by atoms with Crippen molar-refractivity contribution in [2.24, 2.45) is 0 Å². The van der Waals surface area contributed by atoms with Crippen molar-refractivity contribution in [1.29, 1.82) is 0 Å². The van der Waals surface area contributed by atoms with Crippen LogP contribution in [-0.4, -0.2) is 0 Å². The van der Waals surface area contributed by atoms with Crippen LogP contribution in [0.3, 0.4) is 0 Å². The first-order valence-electron chi connectivity index (χ1n) is 13.1. The molecule has 0 amide bonds. The Morgan fingerprint density at radius 1 is 0.389 bits per heavy atom. The van der Waals surface area contributed by atoms with Crippen LogP contribution in [0, 0.1) is 0 Å². The maximum atomic E-state index is 2.36. The molecule has 0 atom stereocenters. The molecule has 0 spiro atoms. The molecule has 0 N–H and O–H groups in total. The molecule has 0 aromatic heterocycles. The summed E-state index contributed by atoms with van der Waals surface area (Å²) >= 11 is 0. The van der Waals surface area contributed by atoms with Crippen LogP contribution >= 0.6 is 0 Å². The molecule has 1 saturated carbocycles. The van der Waals surface area contributed by atoms with Crippen molar-refractivity contribution in [2.75, 3.05) is 4.90 Å². The SMILES string of the molecule is c1ccc(-c2ccc(N(c3ccc(-c4ccccc4)cc3)c3ccc(C4CCCC4)cc3)cc2)cc1. The van der Waals surface area contributed by atoms with Gasteiger partial charge in [-0.3, -0.25) is 0 Å². The van der Waals surface area contributed by atoms with Crippen LogP contribution in [0.15, 0.2) is 133 Å². The fourth-order valence-electron chi connectivity index (χ4n) is 5.47. The molecule has 5 aromatic rings. The van der Waals surface area contributed by atoms with Gasteiger partial charge in [-0.15, -0.1) is 0 Å². The first-order valence-corrected chi connectivity index (χ1v) is 13.1. The second kappa shape index (κ2) is 10.3. The van der Waals surface area contributed by atoms with Crippen LogP contribution in [0.4, 0.5) is 17.1 Å². The van der Waals surface area contributed by atoms with E-state index >= 15 is 0 Å². The highest BCUT2D eigenvalue weighted by Gasteiger charge is 2.18. The van der Waals surface area contributed by atoms with Gasteiger partial charge in [0.2, 0.25) is 0 Å². The van der Waals surface area contributed by atoms with E-state index < -0.39 is 0 Å². The molecule has 0 bridgehead atoms. The highest BCUT2D eigenvalue weighted by Crippen LogP contribution is 2.39. The van der Waals surface area contributed by atoms with Gasteiger partial charge in [-0.2, -0.15) is 0 Å². The van der Waals surface area contributed by atoms with E-state index in [2.05, 4.69) is 138 Å². The average Bonchev–Trinajstić information content (AvgIpc) is 3.51. The Bertz CT molecular complexity index is 1300. The molecule has 0 radical (unpaired) electrons. The lowest BCUT2D eigenvalue weighted by molar-refractivity contribution is 0.723. The molecule has 176 valence electrons. The summed E-state index contributed by atoms with van der Waals surface area (Å²) in [5, 5.41) is 0. The third-order valence-electron chi connectivity index (χ3n) is 7.44. The standard InChI is InChI=1S/C35H31N/c1-3-9-27(10-4-1)30-15-21-33(22-16-30)36(35-25-19-32(20-26-35)29-13-7-8-14-29)34-23-17-31(18-24-34)28-11-5-2-6-12-28/h1-6,9-12,15-26,29H,7-8,13-14H2. The van der Waals surface area contributed by atoms with Crippen molar-refractivity contribution in [2.45, 2.75) is 31.6 Å². The Morgan fingerprint density at radius 2 is 0.750 bits per heavy atom. The minimum absolute atomic E-state index is 0.725. The second-order valence-electron chi connectivity index (χ2n) is 9.73. The van der Waals surface area contributed by atoms with Crippen LogP contribution in [0.2, 0.25) is 0 Å². The van der Waals surface area contributed by atoms with Gasteiger partial charge in [0.25, 0.3) is 0 Å². The summed E-state index contributed by atoms with van der Waals surface area (Å²) < 4.78 is 0. The minimum atomic E-state index is 0.725. The molecule has 0 saturated heterocycles. The summed E-state index contributed by atoms with van der Waals surface area (Å²) in [6.07, 6.45) is 5.37. The summed E-state index contributed by atoms with van der Waals surface area (Å²) in [6.45, 7) is 0. The van der Waals surface area contributed by atoms with E-state index in [0.29, 0.717) is 0 Å². The highest BCUT2D eigenvalue weighted by molar-refractivity contribution is 5.79. The third kappa shape index (κ3) is 4.70. The Balaban J connectivity index is 1.36. The topological polar surface area (TPSA) is 3.24 Å². The van der Waals surface area contributed by atoms with Crippen molar-refractivity contribution in [1.82, 2.24) is 0 Å². The number of nitrogens with zero attached hydrogens (tertiary/aromatic N) is 1. The lowest BCUT2D eigenvalue weighted by atomic mass is 9.97. The normalized spacial score (nSPS) is 13.6. The molecule has 1 nitrogen and oxygen atoms in total. The van der Waals surface area contributed by atoms with E-state index in [1.165, 1.54) is 59.2 Å². The smallest absolute Gasteiger partial charge is 0.0462 e.